The second-order valence-corrected chi connectivity index (χ2v) is 6.87. The molecule has 6 heteroatoms. The highest BCUT2D eigenvalue weighted by Gasteiger charge is 2.35. The quantitative estimate of drug-likeness (QED) is 0.923. The minimum atomic E-state index is -4.32. The summed E-state index contributed by atoms with van der Waals surface area (Å²) in [4.78, 5) is 0.598. The maximum atomic E-state index is 12.7. The molecule has 0 radical (unpaired) electrons. The Hall–Kier alpha value is -0.720. The van der Waals surface area contributed by atoms with Gasteiger partial charge in [-0.25, -0.2) is 0 Å². The van der Waals surface area contributed by atoms with Crippen molar-refractivity contribution in [3.05, 3.63) is 29.8 Å². The van der Waals surface area contributed by atoms with Crippen LogP contribution in [0.3, 0.4) is 0 Å². The van der Waals surface area contributed by atoms with Crippen LogP contribution in [0.5, 0.6) is 0 Å². The fourth-order valence-electron chi connectivity index (χ4n) is 2.31. The Morgan fingerprint density at radius 1 is 1.45 bits per heavy atom. The molecular formula is C14H17F3O2S. The highest BCUT2D eigenvalue weighted by atomic mass is 32.2. The van der Waals surface area contributed by atoms with E-state index in [0.717, 1.165) is 12.5 Å². The van der Waals surface area contributed by atoms with E-state index in [9.17, 15) is 13.2 Å². The van der Waals surface area contributed by atoms with E-state index in [-0.39, 0.29) is 17.5 Å². The van der Waals surface area contributed by atoms with E-state index >= 15 is 0 Å². The van der Waals surface area contributed by atoms with Crippen LogP contribution >= 0.6 is 11.8 Å². The van der Waals surface area contributed by atoms with Crippen LogP contribution in [0.25, 0.3) is 0 Å². The van der Waals surface area contributed by atoms with Crippen molar-refractivity contribution in [1.29, 1.82) is 0 Å². The highest BCUT2D eigenvalue weighted by Crippen LogP contribution is 2.43. The molecule has 2 nitrogen and oxygen atoms in total. The number of hydrogen-bond donors (Lipinski definition) is 1. The monoisotopic (exact) mass is 306 g/mol. The Kier molecular flexibility index (Phi) is 4.66. The molecule has 1 aliphatic heterocycles. The lowest BCUT2D eigenvalue weighted by molar-refractivity contribution is -0.137. The lowest BCUT2D eigenvalue weighted by Crippen LogP contribution is -2.37. The smallest absolute Gasteiger partial charge is 0.394 e. The lowest BCUT2D eigenvalue weighted by atomic mass is 9.97. The van der Waals surface area contributed by atoms with E-state index in [1.54, 1.807) is 6.07 Å². The molecule has 1 aliphatic rings. The number of aliphatic hydroxyl groups excluding tert-OH is 1. The Balaban J connectivity index is 2.13. The van der Waals surface area contributed by atoms with E-state index < -0.39 is 11.7 Å². The highest BCUT2D eigenvalue weighted by molar-refractivity contribution is 8.00. The van der Waals surface area contributed by atoms with Crippen LogP contribution in [0.2, 0.25) is 0 Å². The Morgan fingerprint density at radius 2 is 2.20 bits per heavy atom. The van der Waals surface area contributed by atoms with E-state index in [1.807, 2.05) is 6.92 Å². The first kappa shape index (κ1) is 15.7. The van der Waals surface area contributed by atoms with Crippen LogP contribution in [-0.2, 0) is 10.9 Å². The van der Waals surface area contributed by atoms with Crippen LogP contribution in [0, 0.1) is 0 Å². The second-order valence-electron chi connectivity index (χ2n) is 5.21. The van der Waals surface area contributed by atoms with E-state index in [2.05, 4.69) is 0 Å². The molecule has 2 unspecified atom stereocenters. The lowest BCUT2D eigenvalue weighted by Gasteiger charge is -2.37. The minimum absolute atomic E-state index is 0.0568. The average molecular weight is 306 g/mol. The maximum absolute atomic E-state index is 12.7. The SMILES string of the molecule is CC1(Sc2cccc(C(F)(F)F)c2)CCOC(CO)C1. The minimum Gasteiger partial charge on any atom is -0.394 e. The molecular weight excluding hydrogens is 289 g/mol. The molecule has 2 rings (SSSR count). The third kappa shape index (κ3) is 3.90. The molecule has 0 aromatic heterocycles. The molecule has 0 bridgehead atoms. The second kappa shape index (κ2) is 5.95. The molecule has 1 aromatic carbocycles. The van der Waals surface area contributed by atoms with Gasteiger partial charge in [0.25, 0.3) is 0 Å². The van der Waals surface area contributed by atoms with Gasteiger partial charge < -0.3 is 9.84 Å². The predicted octanol–water partition coefficient (Wildman–Crippen LogP) is 3.73. The first-order valence-electron chi connectivity index (χ1n) is 6.41. The molecule has 112 valence electrons. The summed E-state index contributed by atoms with van der Waals surface area (Å²) in [6, 6.07) is 5.37. The molecule has 0 aliphatic carbocycles. The molecule has 20 heavy (non-hydrogen) atoms. The molecule has 0 saturated carbocycles. The first-order chi connectivity index (χ1) is 9.32. The average Bonchev–Trinajstić information content (AvgIpc) is 2.37. The van der Waals surface area contributed by atoms with Crippen molar-refractivity contribution in [2.24, 2.45) is 0 Å². The molecule has 2 atom stereocenters. The third-order valence-corrected chi connectivity index (χ3v) is 4.73. The standard InChI is InChI=1S/C14H17F3O2S/c1-13(5-6-19-11(8-13)9-18)20-12-4-2-3-10(7-12)14(15,16)17/h2-4,7,11,18H,5-6,8-9H2,1H3. The van der Waals surface area contributed by atoms with Crippen molar-refractivity contribution in [2.75, 3.05) is 13.2 Å². The number of thioether (sulfide) groups is 1. The van der Waals surface area contributed by atoms with Crippen LogP contribution in [0.4, 0.5) is 13.2 Å². The van der Waals surface area contributed by atoms with Crippen molar-refractivity contribution in [3.63, 3.8) is 0 Å². The van der Waals surface area contributed by atoms with Crippen molar-refractivity contribution in [3.8, 4) is 0 Å². The van der Waals surface area contributed by atoms with E-state index in [4.69, 9.17) is 9.84 Å². The predicted molar refractivity (Wildman–Crippen MR) is 71.8 cm³/mol. The summed E-state index contributed by atoms with van der Waals surface area (Å²) in [5.74, 6) is 0. The molecule has 1 heterocycles. The van der Waals surface area contributed by atoms with Gasteiger partial charge >= 0.3 is 6.18 Å². The summed E-state index contributed by atoms with van der Waals surface area (Å²) in [6.07, 6.45) is -3.16. The Morgan fingerprint density at radius 3 is 2.85 bits per heavy atom. The Labute approximate surface area is 120 Å². The summed E-state index contributed by atoms with van der Waals surface area (Å²) >= 11 is 1.43. The number of aliphatic hydroxyl groups is 1. The number of ether oxygens (including phenoxy) is 1. The van der Waals surface area contributed by atoms with Gasteiger partial charge in [-0.15, -0.1) is 11.8 Å². The van der Waals surface area contributed by atoms with Gasteiger partial charge in [-0.2, -0.15) is 13.2 Å². The van der Waals surface area contributed by atoms with Gasteiger partial charge in [-0.05, 0) is 38.0 Å². The van der Waals surface area contributed by atoms with Gasteiger partial charge in [0.2, 0.25) is 0 Å². The van der Waals surface area contributed by atoms with Crippen LogP contribution in [0.1, 0.15) is 25.3 Å². The van der Waals surface area contributed by atoms with E-state index in [1.165, 1.54) is 23.9 Å². The van der Waals surface area contributed by atoms with Crippen molar-refractivity contribution in [1.82, 2.24) is 0 Å². The zero-order valence-electron chi connectivity index (χ0n) is 11.1. The number of alkyl halides is 3. The number of hydrogen-bond acceptors (Lipinski definition) is 3. The van der Waals surface area contributed by atoms with Gasteiger partial charge in [-0.1, -0.05) is 6.07 Å². The van der Waals surface area contributed by atoms with Crippen LogP contribution < -0.4 is 0 Å². The maximum Gasteiger partial charge on any atom is 0.416 e. The number of benzene rings is 1. The van der Waals surface area contributed by atoms with E-state index in [0.29, 0.717) is 17.9 Å². The normalized spacial score (nSPS) is 27.6. The fraction of sp³-hybridized carbons (Fsp3) is 0.571. The number of halogens is 3. The largest absolute Gasteiger partial charge is 0.416 e. The molecule has 1 fully saturated rings. The van der Waals surface area contributed by atoms with Gasteiger partial charge in [0.1, 0.15) is 0 Å². The first-order valence-corrected chi connectivity index (χ1v) is 7.23. The van der Waals surface area contributed by atoms with Crippen LogP contribution in [0.15, 0.2) is 29.2 Å². The zero-order chi connectivity index (χ0) is 14.8. The fourth-order valence-corrected chi connectivity index (χ4v) is 3.67. The van der Waals surface area contributed by atoms with Crippen molar-refractivity contribution in [2.45, 2.75) is 41.7 Å². The molecule has 0 amide bonds. The summed E-state index contributed by atoms with van der Waals surface area (Å²) in [6.45, 7) is 2.47. The van der Waals surface area contributed by atoms with Gasteiger partial charge in [0.15, 0.2) is 0 Å². The van der Waals surface area contributed by atoms with Gasteiger partial charge in [0, 0.05) is 16.2 Å². The van der Waals surface area contributed by atoms with Gasteiger partial charge in [0.05, 0.1) is 18.3 Å². The third-order valence-electron chi connectivity index (χ3n) is 3.37. The van der Waals surface area contributed by atoms with Crippen LogP contribution in [-0.4, -0.2) is 29.2 Å². The molecule has 1 aromatic rings. The number of rotatable bonds is 3. The summed E-state index contributed by atoms with van der Waals surface area (Å²) in [7, 11) is 0. The summed E-state index contributed by atoms with van der Waals surface area (Å²) in [5.41, 5.74) is -0.628. The Bertz CT molecular complexity index is 464. The zero-order valence-corrected chi connectivity index (χ0v) is 11.9. The molecule has 0 spiro atoms. The summed E-state index contributed by atoms with van der Waals surface area (Å²) < 4.78 is 43.3. The topological polar surface area (TPSA) is 29.5 Å². The molecule has 1 saturated heterocycles. The molecule has 1 N–H and O–H groups in total. The summed E-state index contributed by atoms with van der Waals surface area (Å²) in [5, 5.41) is 9.16. The van der Waals surface area contributed by atoms with Gasteiger partial charge in [-0.3, -0.25) is 0 Å². The van der Waals surface area contributed by atoms with Crippen molar-refractivity contribution >= 4 is 11.8 Å². The van der Waals surface area contributed by atoms with Crippen molar-refractivity contribution < 1.29 is 23.0 Å².